The van der Waals surface area contributed by atoms with Crippen LogP contribution in [0.4, 0.5) is 5.69 Å². The van der Waals surface area contributed by atoms with Crippen LogP contribution in [0.25, 0.3) is 0 Å². The molecular formula is C17H19N3O3. The van der Waals surface area contributed by atoms with E-state index in [1.807, 2.05) is 38.4 Å². The topological polar surface area (TPSA) is 56.6 Å². The largest absolute Gasteiger partial charge is 0.486 e. The van der Waals surface area contributed by atoms with Gasteiger partial charge >= 0.3 is 0 Å². The van der Waals surface area contributed by atoms with Gasteiger partial charge in [0.1, 0.15) is 13.2 Å². The molecule has 0 bridgehead atoms. The summed E-state index contributed by atoms with van der Waals surface area (Å²) in [4.78, 5) is 14.0. The minimum absolute atomic E-state index is 0.176. The highest BCUT2D eigenvalue weighted by molar-refractivity contribution is 6.01. The maximum absolute atomic E-state index is 12.3. The van der Waals surface area contributed by atoms with Gasteiger partial charge in [0.2, 0.25) is 0 Å². The fourth-order valence-corrected chi connectivity index (χ4v) is 2.58. The lowest BCUT2D eigenvalue weighted by Crippen LogP contribution is -2.29. The van der Waals surface area contributed by atoms with Crippen LogP contribution < -0.4 is 14.4 Å². The molecule has 0 spiro atoms. The number of aryl methyl sites for hydroxylation is 2. The van der Waals surface area contributed by atoms with Crippen LogP contribution in [0, 0.1) is 6.92 Å². The van der Waals surface area contributed by atoms with Gasteiger partial charge in [-0.25, -0.2) is 0 Å². The Hall–Kier alpha value is -2.76. The van der Waals surface area contributed by atoms with E-state index in [0.29, 0.717) is 31.3 Å². The van der Waals surface area contributed by atoms with Crippen molar-refractivity contribution >= 4 is 11.6 Å². The van der Waals surface area contributed by atoms with Gasteiger partial charge < -0.3 is 14.4 Å². The van der Waals surface area contributed by atoms with Crippen molar-refractivity contribution in [1.29, 1.82) is 0 Å². The second kappa shape index (κ2) is 6.16. The third-order valence-electron chi connectivity index (χ3n) is 3.72. The van der Waals surface area contributed by atoms with Gasteiger partial charge in [0.15, 0.2) is 11.5 Å². The average molecular weight is 313 g/mol. The summed E-state index contributed by atoms with van der Waals surface area (Å²) in [5.41, 5.74) is 2.62. The number of hydrogen-bond acceptors (Lipinski definition) is 4. The van der Waals surface area contributed by atoms with Crippen molar-refractivity contribution in [1.82, 2.24) is 9.78 Å². The summed E-state index contributed by atoms with van der Waals surface area (Å²) in [5, 5.41) is 4.32. The molecule has 0 radical (unpaired) electrons. The van der Waals surface area contributed by atoms with E-state index in [2.05, 4.69) is 11.7 Å². The number of hydrogen-bond donors (Lipinski definition) is 0. The van der Waals surface area contributed by atoms with E-state index < -0.39 is 0 Å². The van der Waals surface area contributed by atoms with Crippen molar-refractivity contribution in [3.63, 3.8) is 0 Å². The van der Waals surface area contributed by atoms with Gasteiger partial charge in [0.25, 0.3) is 5.91 Å². The highest BCUT2D eigenvalue weighted by atomic mass is 16.6. The number of fused-ring (bicyclic) bond motifs is 1. The Morgan fingerprint density at radius 1 is 1.39 bits per heavy atom. The molecule has 23 heavy (non-hydrogen) atoms. The van der Waals surface area contributed by atoms with E-state index in [1.54, 1.807) is 9.58 Å². The normalized spacial score (nSPS) is 12.8. The molecule has 1 aliphatic heterocycles. The lowest BCUT2D eigenvalue weighted by atomic mass is 10.2. The van der Waals surface area contributed by atoms with Gasteiger partial charge in [0.05, 0.1) is 12.2 Å². The molecule has 1 aromatic heterocycles. The standard InChI is InChI=1S/C17H19N3O3/c1-4-17(21)20(11-13-10-19(3)18-12(13)2)14-5-6-15-16(9-14)23-8-7-22-15/h4-6,9-10H,1,7-8,11H2,2-3H3. The van der Waals surface area contributed by atoms with Crippen LogP contribution in [0.5, 0.6) is 11.5 Å². The SMILES string of the molecule is C=CC(=O)N(Cc1cn(C)nc1C)c1ccc2c(c1)OCCO2. The molecule has 120 valence electrons. The summed E-state index contributed by atoms with van der Waals surface area (Å²) < 4.78 is 12.9. The molecule has 0 saturated carbocycles. The van der Waals surface area contributed by atoms with Crippen LogP contribution >= 0.6 is 0 Å². The van der Waals surface area contributed by atoms with E-state index in [-0.39, 0.29) is 5.91 Å². The van der Waals surface area contributed by atoms with E-state index >= 15 is 0 Å². The zero-order chi connectivity index (χ0) is 16.4. The van der Waals surface area contributed by atoms with Gasteiger partial charge in [-0.1, -0.05) is 6.58 Å². The van der Waals surface area contributed by atoms with Crippen LogP contribution in [-0.2, 0) is 18.4 Å². The summed E-state index contributed by atoms with van der Waals surface area (Å²) in [6.45, 7) is 6.99. The number of aromatic nitrogens is 2. The van der Waals surface area contributed by atoms with Crippen LogP contribution in [0.15, 0.2) is 37.1 Å². The molecule has 1 aliphatic rings. The molecule has 0 atom stereocenters. The number of carbonyl (C=O) groups is 1. The second-order valence-corrected chi connectivity index (χ2v) is 5.37. The molecule has 0 saturated heterocycles. The molecule has 2 heterocycles. The van der Waals surface area contributed by atoms with Gasteiger partial charge in [-0.05, 0) is 25.1 Å². The third kappa shape index (κ3) is 3.06. The molecule has 0 fully saturated rings. The predicted molar refractivity (Wildman–Crippen MR) is 86.8 cm³/mol. The molecule has 0 unspecified atom stereocenters. The fraction of sp³-hybridized carbons (Fsp3) is 0.294. The number of rotatable bonds is 4. The minimum Gasteiger partial charge on any atom is -0.486 e. The van der Waals surface area contributed by atoms with Crippen LogP contribution in [0.1, 0.15) is 11.3 Å². The first-order valence-electron chi connectivity index (χ1n) is 7.41. The van der Waals surface area contributed by atoms with E-state index in [0.717, 1.165) is 16.9 Å². The van der Waals surface area contributed by atoms with Crippen molar-refractivity contribution in [2.24, 2.45) is 7.05 Å². The zero-order valence-electron chi connectivity index (χ0n) is 13.3. The van der Waals surface area contributed by atoms with Crippen LogP contribution in [0.2, 0.25) is 0 Å². The first-order chi connectivity index (χ1) is 11.1. The maximum Gasteiger partial charge on any atom is 0.250 e. The maximum atomic E-state index is 12.3. The van der Waals surface area contributed by atoms with Crippen molar-refractivity contribution in [3.8, 4) is 11.5 Å². The van der Waals surface area contributed by atoms with Gasteiger partial charge in [-0.2, -0.15) is 5.10 Å². The Labute approximate surface area is 134 Å². The van der Waals surface area contributed by atoms with E-state index in [1.165, 1.54) is 6.08 Å². The minimum atomic E-state index is -0.176. The predicted octanol–water partition coefficient (Wildman–Crippen LogP) is 2.22. The van der Waals surface area contributed by atoms with Gasteiger partial charge in [-0.3, -0.25) is 9.48 Å². The Balaban J connectivity index is 1.94. The van der Waals surface area contributed by atoms with Crippen molar-refractivity contribution in [3.05, 3.63) is 48.3 Å². The first-order valence-corrected chi connectivity index (χ1v) is 7.41. The molecule has 0 aliphatic carbocycles. The zero-order valence-corrected chi connectivity index (χ0v) is 13.3. The Morgan fingerprint density at radius 3 is 2.78 bits per heavy atom. The average Bonchev–Trinajstić information content (AvgIpc) is 2.89. The molecule has 1 amide bonds. The summed E-state index contributed by atoms with van der Waals surface area (Å²) in [6.07, 6.45) is 3.22. The number of ether oxygens (including phenoxy) is 2. The summed E-state index contributed by atoms with van der Waals surface area (Å²) in [6, 6.07) is 5.49. The molecule has 6 heteroatoms. The number of carbonyl (C=O) groups excluding carboxylic acids is 1. The quantitative estimate of drug-likeness (QED) is 0.812. The summed E-state index contributed by atoms with van der Waals surface area (Å²) in [5.74, 6) is 1.17. The molecule has 2 aromatic rings. The number of anilines is 1. The number of amides is 1. The molecule has 3 rings (SSSR count). The second-order valence-electron chi connectivity index (χ2n) is 5.37. The molecule has 0 N–H and O–H groups in total. The van der Waals surface area contributed by atoms with E-state index in [9.17, 15) is 4.79 Å². The fourth-order valence-electron chi connectivity index (χ4n) is 2.58. The Morgan fingerprint density at radius 2 is 2.13 bits per heavy atom. The number of nitrogens with zero attached hydrogens (tertiary/aromatic N) is 3. The van der Waals surface area contributed by atoms with E-state index in [4.69, 9.17) is 9.47 Å². The lowest BCUT2D eigenvalue weighted by Gasteiger charge is -2.24. The first kappa shape index (κ1) is 15.1. The van der Waals surface area contributed by atoms with Gasteiger partial charge in [-0.15, -0.1) is 0 Å². The highest BCUT2D eigenvalue weighted by Crippen LogP contribution is 2.34. The summed E-state index contributed by atoms with van der Waals surface area (Å²) >= 11 is 0. The Kier molecular flexibility index (Phi) is 4.06. The van der Waals surface area contributed by atoms with Gasteiger partial charge in [0, 0.05) is 30.6 Å². The van der Waals surface area contributed by atoms with Crippen molar-refractivity contribution in [2.45, 2.75) is 13.5 Å². The highest BCUT2D eigenvalue weighted by Gasteiger charge is 2.19. The van der Waals surface area contributed by atoms with Crippen LogP contribution in [-0.4, -0.2) is 28.9 Å². The Bertz CT molecular complexity index is 752. The molecule has 1 aromatic carbocycles. The molecular weight excluding hydrogens is 294 g/mol. The number of benzene rings is 1. The monoisotopic (exact) mass is 313 g/mol. The van der Waals surface area contributed by atoms with Crippen molar-refractivity contribution < 1.29 is 14.3 Å². The van der Waals surface area contributed by atoms with Crippen molar-refractivity contribution in [2.75, 3.05) is 18.1 Å². The smallest absolute Gasteiger partial charge is 0.250 e. The van der Waals surface area contributed by atoms with Crippen LogP contribution in [0.3, 0.4) is 0 Å². The summed E-state index contributed by atoms with van der Waals surface area (Å²) in [7, 11) is 1.86. The third-order valence-corrected chi connectivity index (χ3v) is 3.72. The lowest BCUT2D eigenvalue weighted by molar-refractivity contribution is -0.114. The molecule has 6 nitrogen and oxygen atoms in total.